The van der Waals surface area contributed by atoms with Crippen molar-refractivity contribution < 1.29 is 9.90 Å². The molecule has 2 nitrogen and oxygen atoms in total. The Bertz CT molecular complexity index is 729. The second kappa shape index (κ2) is 6.97. The molecule has 4 rings (SSSR count). The zero-order chi connectivity index (χ0) is 20.3. The Morgan fingerprint density at radius 1 is 1.11 bits per heavy atom. The minimum atomic E-state index is -0.247. The lowest BCUT2D eigenvalue weighted by atomic mass is 9.46. The summed E-state index contributed by atoms with van der Waals surface area (Å²) in [6, 6.07) is 0. The number of hydrogen-bond donors (Lipinski definition) is 1. The minimum absolute atomic E-state index is 0.0215. The number of fused-ring (bicyclic) bond motifs is 5. The van der Waals surface area contributed by atoms with E-state index in [9.17, 15) is 9.90 Å². The van der Waals surface area contributed by atoms with E-state index in [4.69, 9.17) is 0 Å². The van der Waals surface area contributed by atoms with E-state index < -0.39 is 0 Å². The van der Waals surface area contributed by atoms with E-state index in [1.807, 2.05) is 6.08 Å². The molecular formula is C26H38O2. The molecule has 0 heterocycles. The maximum Gasteiger partial charge on any atom is 0.178 e. The molecule has 1 N–H and O–H groups in total. The van der Waals surface area contributed by atoms with Crippen LogP contribution in [0.3, 0.4) is 0 Å². The number of aliphatic hydroxyl groups is 1. The number of hydrogen-bond acceptors (Lipinski definition) is 2. The lowest BCUT2D eigenvalue weighted by molar-refractivity contribution is -0.129. The normalized spacial score (nSPS) is 46.3. The second-order valence-electron chi connectivity index (χ2n) is 10.9. The van der Waals surface area contributed by atoms with Crippen LogP contribution >= 0.6 is 0 Å². The van der Waals surface area contributed by atoms with Crippen molar-refractivity contribution in [1.29, 1.82) is 0 Å². The molecule has 3 saturated carbocycles. The number of carbonyl (C=O) groups is 1. The van der Waals surface area contributed by atoms with Crippen molar-refractivity contribution in [1.82, 2.24) is 0 Å². The van der Waals surface area contributed by atoms with Gasteiger partial charge in [0.2, 0.25) is 0 Å². The molecule has 0 bridgehead atoms. The van der Waals surface area contributed by atoms with Crippen molar-refractivity contribution in [3.05, 3.63) is 36.0 Å². The third kappa shape index (κ3) is 2.90. The van der Waals surface area contributed by atoms with E-state index in [0.717, 1.165) is 12.8 Å². The molecule has 2 heteroatoms. The summed E-state index contributed by atoms with van der Waals surface area (Å²) in [6.45, 7) is 11.5. The predicted octanol–water partition coefficient (Wildman–Crippen LogP) is 5.73. The topological polar surface area (TPSA) is 37.3 Å². The molecule has 0 spiro atoms. The van der Waals surface area contributed by atoms with Gasteiger partial charge in [0.15, 0.2) is 5.78 Å². The standard InChI is InChI=1S/C26H38O2/c1-16(2)6-7-17(3)21-10-11-22-20-9-8-18-14-19(27)12-13-25(18,4)23(20)15-24(28)26(21,22)5/h6-7,12-14,16-17,20-24,28H,8-11,15H2,1-5H3. The van der Waals surface area contributed by atoms with Gasteiger partial charge >= 0.3 is 0 Å². The van der Waals surface area contributed by atoms with E-state index in [1.54, 1.807) is 6.08 Å². The van der Waals surface area contributed by atoms with Crippen molar-refractivity contribution in [2.75, 3.05) is 0 Å². The van der Waals surface area contributed by atoms with Gasteiger partial charge in [-0.1, -0.05) is 58.4 Å². The summed E-state index contributed by atoms with van der Waals surface area (Å²) in [6.07, 6.45) is 15.9. The Morgan fingerprint density at radius 3 is 2.57 bits per heavy atom. The van der Waals surface area contributed by atoms with Crippen LogP contribution in [-0.2, 0) is 4.79 Å². The van der Waals surface area contributed by atoms with Gasteiger partial charge < -0.3 is 5.11 Å². The van der Waals surface area contributed by atoms with E-state index in [2.05, 4.69) is 52.8 Å². The molecule has 3 fully saturated rings. The molecule has 0 amide bonds. The molecule has 4 aliphatic carbocycles. The first-order valence-electron chi connectivity index (χ1n) is 11.5. The van der Waals surface area contributed by atoms with Gasteiger partial charge in [-0.15, -0.1) is 0 Å². The quantitative estimate of drug-likeness (QED) is 0.633. The lowest BCUT2D eigenvalue weighted by Crippen LogP contribution is -2.56. The molecule has 4 aliphatic rings. The smallest absolute Gasteiger partial charge is 0.178 e. The molecule has 28 heavy (non-hydrogen) atoms. The third-order valence-electron chi connectivity index (χ3n) is 9.17. The van der Waals surface area contributed by atoms with Gasteiger partial charge in [0.25, 0.3) is 0 Å². The van der Waals surface area contributed by atoms with Crippen LogP contribution in [0.25, 0.3) is 0 Å². The highest BCUT2D eigenvalue weighted by atomic mass is 16.3. The first-order chi connectivity index (χ1) is 13.2. The van der Waals surface area contributed by atoms with E-state index in [-0.39, 0.29) is 22.7 Å². The fourth-order valence-corrected chi connectivity index (χ4v) is 7.59. The Morgan fingerprint density at radius 2 is 1.86 bits per heavy atom. The number of allylic oxidation sites excluding steroid dienone is 6. The van der Waals surface area contributed by atoms with Gasteiger partial charge in [-0.05, 0) is 85.2 Å². The second-order valence-corrected chi connectivity index (χ2v) is 10.9. The monoisotopic (exact) mass is 382 g/mol. The highest BCUT2D eigenvalue weighted by molar-refractivity contribution is 6.01. The van der Waals surface area contributed by atoms with Crippen LogP contribution in [0.15, 0.2) is 36.0 Å². The Balaban J connectivity index is 1.64. The van der Waals surface area contributed by atoms with Crippen molar-refractivity contribution in [2.24, 2.45) is 46.3 Å². The largest absolute Gasteiger partial charge is 0.393 e. The SMILES string of the molecule is CC(C)C=CC(C)C1CCC2C3CCC4=CC(=O)C=CC4(C)C3CC(O)C12C. The summed E-state index contributed by atoms with van der Waals surface area (Å²) < 4.78 is 0. The first-order valence-corrected chi connectivity index (χ1v) is 11.5. The van der Waals surface area contributed by atoms with Gasteiger partial charge in [-0.3, -0.25) is 4.79 Å². The lowest BCUT2D eigenvalue weighted by Gasteiger charge is -2.59. The fourth-order valence-electron chi connectivity index (χ4n) is 7.59. The number of ketones is 1. The molecule has 8 unspecified atom stereocenters. The molecule has 0 aliphatic heterocycles. The van der Waals surface area contributed by atoms with Crippen LogP contribution in [0.2, 0.25) is 0 Å². The van der Waals surface area contributed by atoms with Crippen LogP contribution in [0.5, 0.6) is 0 Å². The van der Waals surface area contributed by atoms with Gasteiger partial charge in [-0.25, -0.2) is 0 Å². The maximum atomic E-state index is 11.9. The van der Waals surface area contributed by atoms with Crippen LogP contribution in [-0.4, -0.2) is 17.0 Å². The highest BCUT2D eigenvalue weighted by Gasteiger charge is 2.62. The molecule has 0 aromatic rings. The molecule has 8 atom stereocenters. The fraction of sp³-hybridized carbons (Fsp3) is 0.731. The molecule has 0 aromatic carbocycles. The molecule has 0 radical (unpaired) electrons. The summed E-state index contributed by atoms with van der Waals surface area (Å²) in [5.74, 6) is 3.54. The van der Waals surface area contributed by atoms with Crippen LogP contribution in [0.1, 0.15) is 66.7 Å². The average molecular weight is 383 g/mol. The maximum absolute atomic E-state index is 11.9. The van der Waals surface area contributed by atoms with Gasteiger partial charge in [0, 0.05) is 5.41 Å². The molecule has 0 saturated heterocycles. The zero-order valence-electron chi connectivity index (χ0n) is 18.3. The summed E-state index contributed by atoms with van der Waals surface area (Å²) in [5.41, 5.74) is 1.29. The summed E-state index contributed by atoms with van der Waals surface area (Å²) in [4.78, 5) is 11.9. The van der Waals surface area contributed by atoms with Crippen LogP contribution in [0, 0.1) is 46.3 Å². The highest BCUT2D eigenvalue weighted by Crippen LogP contribution is 2.66. The number of aliphatic hydroxyl groups excluding tert-OH is 1. The van der Waals surface area contributed by atoms with E-state index in [0.29, 0.717) is 35.5 Å². The molecule has 154 valence electrons. The van der Waals surface area contributed by atoms with Crippen LogP contribution in [0.4, 0.5) is 0 Å². The number of rotatable bonds is 3. The summed E-state index contributed by atoms with van der Waals surface area (Å²) in [7, 11) is 0. The van der Waals surface area contributed by atoms with Crippen molar-refractivity contribution in [2.45, 2.75) is 72.8 Å². The van der Waals surface area contributed by atoms with E-state index in [1.165, 1.54) is 24.8 Å². The first kappa shape index (κ1) is 20.1. The van der Waals surface area contributed by atoms with Crippen molar-refractivity contribution in [3.63, 3.8) is 0 Å². The Hall–Kier alpha value is -1.15. The van der Waals surface area contributed by atoms with Gasteiger partial charge in [-0.2, -0.15) is 0 Å². The molecule has 0 aromatic heterocycles. The van der Waals surface area contributed by atoms with Crippen molar-refractivity contribution >= 4 is 5.78 Å². The van der Waals surface area contributed by atoms with Crippen molar-refractivity contribution in [3.8, 4) is 0 Å². The van der Waals surface area contributed by atoms with E-state index >= 15 is 0 Å². The van der Waals surface area contributed by atoms with Crippen LogP contribution < -0.4 is 0 Å². The predicted molar refractivity (Wildman–Crippen MR) is 115 cm³/mol. The minimum Gasteiger partial charge on any atom is -0.393 e. The zero-order valence-corrected chi connectivity index (χ0v) is 18.3. The Kier molecular flexibility index (Phi) is 5.01. The Labute approximate surface area is 171 Å². The average Bonchev–Trinajstić information content (AvgIpc) is 3.00. The summed E-state index contributed by atoms with van der Waals surface area (Å²) in [5, 5.41) is 11.5. The third-order valence-corrected chi connectivity index (χ3v) is 9.17. The van der Waals surface area contributed by atoms with Gasteiger partial charge in [0.1, 0.15) is 0 Å². The number of carbonyl (C=O) groups excluding carboxylic acids is 1. The summed E-state index contributed by atoms with van der Waals surface area (Å²) >= 11 is 0. The van der Waals surface area contributed by atoms with Gasteiger partial charge in [0.05, 0.1) is 6.10 Å². The molecular weight excluding hydrogens is 344 g/mol.